The summed E-state index contributed by atoms with van der Waals surface area (Å²) in [6.45, 7) is -0.508. The number of nitrogens with one attached hydrogen (secondary N) is 2. The number of nitrogen functional groups attached to an aromatic ring is 1. The summed E-state index contributed by atoms with van der Waals surface area (Å²) in [5.41, 5.74) is 7.52. The number of hydrogen-bond donors (Lipinski definition) is 4. The molecule has 10 heteroatoms. The summed E-state index contributed by atoms with van der Waals surface area (Å²) in [7, 11) is -3.97. The van der Waals surface area contributed by atoms with Crippen molar-refractivity contribution >= 4 is 27.4 Å². The molecule has 2 aromatic rings. The first-order valence-electron chi connectivity index (χ1n) is 5.17. The van der Waals surface area contributed by atoms with Crippen molar-refractivity contribution in [2.45, 2.75) is 5.03 Å². The molecule has 9 nitrogen and oxygen atoms in total. The Kier molecular flexibility index (Phi) is 3.38. The van der Waals surface area contributed by atoms with Crippen LogP contribution >= 0.6 is 0 Å². The number of hydrazine groups is 1. The third-order valence-corrected chi connectivity index (χ3v) is 3.74. The molecule has 6 N–H and O–H groups in total. The molecular formula is C9H12N6O3S. The maximum absolute atomic E-state index is 12.1. The molecule has 0 aliphatic heterocycles. The Morgan fingerprint density at radius 1 is 1.42 bits per heavy atom. The van der Waals surface area contributed by atoms with E-state index < -0.39 is 22.5 Å². The fourth-order valence-corrected chi connectivity index (χ4v) is 2.80. The van der Waals surface area contributed by atoms with E-state index in [1.807, 2.05) is 0 Å². The van der Waals surface area contributed by atoms with Gasteiger partial charge in [-0.25, -0.2) is 24.0 Å². The van der Waals surface area contributed by atoms with Crippen molar-refractivity contribution in [1.82, 2.24) is 14.1 Å². The number of aromatic nitrogens is 2. The second-order valence-electron chi connectivity index (χ2n) is 3.63. The Morgan fingerprint density at radius 3 is 2.79 bits per heavy atom. The van der Waals surface area contributed by atoms with E-state index >= 15 is 0 Å². The third kappa shape index (κ3) is 2.50. The molecule has 2 aromatic heterocycles. The summed E-state index contributed by atoms with van der Waals surface area (Å²) >= 11 is 0. The average molecular weight is 284 g/mol. The molecule has 19 heavy (non-hydrogen) atoms. The maximum atomic E-state index is 12.1. The highest BCUT2D eigenvalue weighted by atomic mass is 32.2. The van der Waals surface area contributed by atoms with Crippen molar-refractivity contribution in [2.24, 2.45) is 11.6 Å². The van der Waals surface area contributed by atoms with Crippen LogP contribution in [0.2, 0.25) is 0 Å². The molecule has 0 aliphatic carbocycles. The number of fused-ring (bicyclic) bond motifs is 1. The van der Waals surface area contributed by atoms with E-state index in [1.54, 1.807) is 18.2 Å². The van der Waals surface area contributed by atoms with Gasteiger partial charge in [-0.3, -0.25) is 9.20 Å². The van der Waals surface area contributed by atoms with Crippen molar-refractivity contribution in [3.8, 4) is 0 Å². The number of imidazole rings is 1. The molecule has 0 bridgehead atoms. The minimum absolute atomic E-state index is 0.0248. The van der Waals surface area contributed by atoms with Crippen molar-refractivity contribution in [3.63, 3.8) is 0 Å². The first kappa shape index (κ1) is 13.3. The highest BCUT2D eigenvalue weighted by molar-refractivity contribution is 7.89. The lowest BCUT2D eigenvalue weighted by atomic mass is 10.5. The van der Waals surface area contributed by atoms with E-state index in [0.717, 1.165) is 0 Å². The van der Waals surface area contributed by atoms with Crippen LogP contribution < -0.4 is 21.7 Å². The van der Waals surface area contributed by atoms with Crippen LogP contribution in [0, 0.1) is 0 Å². The van der Waals surface area contributed by atoms with Crippen LogP contribution in [-0.4, -0.2) is 30.3 Å². The summed E-state index contributed by atoms with van der Waals surface area (Å²) < 4.78 is 27.6. The normalized spacial score (nSPS) is 11.6. The van der Waals surface area contributed by atoms with Gasteiger partial charge in [0.25, 0.3) is 10.0 Å². The predicted octanol–water partition coefficient (Wildman–Crippen LogP) is -1.62. The van der Waals surface area contributed by atoms with Crippen molar-refractivity contribution in [3.05, 3.63) is 24.4 Å². The van der Waals surface area contributed by atoms with Gasteiger partial charge in [0.1, 0.15) is 5.65 Å². The number of sulfonamides is 1. The zero-order valence-electron chi connectivity index (χ0n) is 9.70. The lowest BCUT2D eigenvalue weighted by Gasteiger charge is -2.06. The minimum atomic E-state index is -3.97. The topological polar surface area (TPSA) is 145 Å². The van der Waals surface area contributed by atoms with E-state index in [0.29, 0.717) is 5.65 Å². The second kappa shape index (κ2) is 4.84. The van der Waals surface area contributed by atoms with E-state index in [4.69, 9.17) is 11.6 Å². The van der Waals surface area contributed by atoms with Gasteiger partial charge in [-0.05, 0) is 12.1 Å². The van der Waals surface area contributed by atoms with Crippen LogP contribution in [0.15, 0.2) is 29.4 Å². The van der Waals surface area contributed by atoms with Gasteiger partial charge in [-0.2, -0.15) is 0 Å². The van der Waals surface area contributed by atoms with Crippen LogP contribution in [0.25, 0.3) is 5.65 Å². The quantitative estimate of drug-likeness (QED) is 0.384. The summed E-state index contributed by atoms with van der Waals surface area (Å²) in [5.74, 6) is 4.44. The zero-order valence-corrected chi connectivity index (χ0v) is 10.5. The standard InChI is InChI=1S/C9H12N6O3S/c10-6(16)5-12-19(17,18)9-8(14-11)13-7-3-1-2-4-15(7)9/h1-4,12,14H,5,11H2,(H2,10,16). The minimum Gasteiger partial charge on any atom is -0.369 e. The molecule has 1 amide bonds. The first-order valence-corrected chi connectivity index (χ1v) is 6.65. The molecule has 0 unspecified atom stereocenters. The van der Waals surface area contributed by atoms with Gasteiger partial charge in [0.2, 0.25) is 5.91 Å². The predicted molar refractivity (Wildman–Crippen MR) is 67.4 cm³/mol. The number of amides is 1. The molecule has 0 fully saturated rings. The molecule has 0 saturated heterocycles. The number of carbonyl (C=O) groups is 1. The third-order valence-electron chi connectivity index (χ3n) is 2.31. The molecule has 0 radical (unpaired) electrons. The summed E-state index contributed by atoms with van der Waals surface area (Å²) in [5, 5.41) is -0.188. The van der Waals surface area contributed by atoms with E-state index in [-0.39, 0.29) is 10.8 Å². The molecule has 0 saturated carbocycles. The SMILES string of the molecule is NNc1nc2ccccn2c1S(=O)(=O)NCC(N)=O. The molecular weight excluding hydrogens is 272 g/mol. The number of nitrogens with zero attached hydrogens (tertiary/aromatic N) is 2. The Morgan fingerprint density at radius 2 is 2.16 bits per heavy atom. The van der Waals surface area contributed by atoms with E-state index in [9.17, 15) is 13.2 Å². The van der Waals surface area contributed by atoms with Crippen molar-refractivity contribution < 1.29 is 13.2 Å². The van der Waals surface area contributed by atoms with Gasteiger partial charge >= 0.3 is 0 Å². The molecule has 102 valence electrons. The van der Waals surface area contributed by atoms with Crippen LogP contribution in [0.5, 0.6) is 0 Å². The van der Waals surface area contributed by atoms with Gasteiger partial charge in [-0.15, -0.1) is 0 Å². The zero-order chi connectivity index (χ0) is 14.0. The number of primary amides is 1. The summed E-state index contributed by atoms with van der Waals surface area (Å²) in [6.07, 6.45) is 1.52. The fraction of sp³-hybridized carbons (Fsp3) is 0.111. The lowest BCUT2D eigenvalue weighted by Crippen LogP contribution is -2.34. The van der Waals surface area contributed by atoms with Crippen molar-refractivity contribution in [2.75, 3.05) is 12.0 Å². The van der Waals surface area contributed by atoms with Crippen molar-refractivity contribution in [1.29, 1.82) is 0 Å². The van der Waals surface area contributed by atoms with Gasteiger partial charge in [0, 0.05) is 6.20 Å². The molecule has 0 aromatic carbocycles. The molecule has 2 rings (SSSR count). The highest BCUT2D eigenvalue weighted by Gasteiger charge is 2.25. The van der Waals surface area contributed by atoms with E-state index in [1.165, 1.54) is 10.6 Å². The number of carbonyl (C=O) groups excluding carboxylic acids is 1. The Labute approximate surface area is 108 Å². The smallest absolute Gasteiger partial charge is 0.260 e. The first-order chi connectivity index (χ1) is 8.95. The van der Waals surface area contributed by atoms with Gasteiger partial charge in [-0.1, -0.05) is 6.07 Å². The Bertz CT molecular complexity index is 723. The van der Waals surface area contributed by atoms with Crippen LogP contribution in [-0.2, 0) is 14.8 Å². The lowest BCUT2D eigenvalue weighted by molar-refractivity contribution is -0.116. The monoisotopic (exact) mass is 284 g/mol. The Hall–Kier alpha value is -2.17. The molecule has 2 heterocycles. The van der Waals surface area contributed by atoms with Gasteiger partial charge < -0.3 is 11.2 Å². The van der Waals surface area contributed by atoms with Crippen LogP contribution in [0.1, 0.15) is 0 Å². The maximum Gasteiger partial charge on any atom is 0.260 e. The fourth-order valence-electron chi connectivity index (χ4n) is 1.56. The number of pyridine rings is 1. The number of rotatable bonds is 5. The van der Waals surface area contributed by atoms with Gasteiger partial charge in [0.15, 0.2) is 10.8 Å². The number of hydrogen-bond acceptors (Lipinski definition) is 6. The Balaban J connectivity index is 2.57. The largest absolute Gasteiger partial charge is 0.369 e. The number of nitrogens with two attached hydrogens (primary N) is 2. The van der Waals surface area contributed by atoms with E-state index in [2.05, 4.69) is 15.1 Å². The van der Waals surface area contributed by atoms with Crippen LogP contribution in [0.3, 0.4) is 0 Å². The second-order valence-corrected chi connectivity index (χ2v) is 5.31. The molecule has 0 spiro atoms. The number of anilines is 1. The summed E-state index contributed by atoms with van der Waals surface area (Å²) in [6, 6.07) is 4.96. The average Bonchev–Trinajstić information content (AvgIpc) is 2.75. The highest BCUT2D eigenvalue weighted by Crippen LogP contribution is 2.21. The van der Waals surface area contributed by atoms with Gasteiger partial charge in [0.05, 0.1) is 6.54 Å². The molecule has 0 atom stereocenters. The molecule has 0 aliphatic rings. The summed E-state index contributed by atoms with van der Waals surface area (Å²) in [4.78, 5) is 14.7. The van der Waals surface area contributed by atoms with Crippen LogP contribution in [0.4, 0.5) is 5.82 Å².